The molecule has 104 valence electrons. The molecule has 0 aliphatic carbocycles. The number of hydrogen-bond acceptors (Lipinski definition) is 4. The molecule has 1 fully saturated rings. The van der Waals surface area contributed by atoms with Crippen molar-refractivity contribution in [1.29, 1.82) is 0 Å². The van der Waals surface area contributed by atoms with Crippen LogP contribution in [0, 0.1) is 5.92 Å². The molecule has 3 N–H and O–H groups in total. The lowest BCUT2D eigenvalue weighted by Crippen LogP contribution is -2.43. The summed E-state index contributed by atoms with van der Waals surface area (Å²) in [7, 11) is 0. The highest BCUT2D eigenvalue weighted by atomic mass is 16.1. The molecule has 1 aromatic heterocycles. The highest BCUT2D eigenvalue weighted by Crippen LogP contribution is 2.18. The molecule has 1 aromatic rings. The third kappa shape index (κ3) is 4.29. The van der Waals surface area contributed by atoms with Crippen molar-refractivity contribution in [2.75, 3.05) is 26.2 Å². The molecular formula is C14H22N4O. The number of nitrogens with one attached hydrogen (secondary N) is 1. The Bertz CT molecular complexity index is 396. The highest BCUT2D eigenvalue weighted by molar-refractivity contribution is 5.78. The lowest BCUT2D eigenvalue weighted by atomic mass is 9.97. The van der Waals surface area contributed by atoms with Crippen LogP contribution in [-0.2, 0) is 11.3 Å². The van der Waals surface area contributed by atoms with Crippen molar-refractivity contribution < 1.29 is 4.79 Å². The molecule has 5 heteroatoms. The van der Waals surface area contributed by atoms with Crippen molar-refractivity contribution in [2.24, 2.45) is 11.7 Å². The number of pyridine rings is 1. The average Bonchev–Trinajstić information content (AvgIpc) is 2.46. The Balaban J connectivity index is 1.85. The normalized spacial score (nSPS) is 20.2. The van der Waals surface area contributed by atoms with Crippen molar-refractivity contribution in [3.05, 3.63) is 30.1 Å². The second-order valence-electron chi connectivity index (χ2n) is 5.02. The van der Waals surface area contributed by atoms with Crippen LogP contribution < -0.4 is 11.1 Å². The Morgan fingerprint density at radius 2 is 2.47 bits per heavy atom. The topological polar surface area (TPSA) is 71.2 Å². The van der Waals surface area contributed by atoms with Gasteiger partial charge in [-0.25, -0.2) is 0 Å². The zero-order chi connectivity index (χ0) is 13.5. The van der Waals surface area contributed by atoms with E-state index in [1.807, 2.05) is 12.3 Å². The molecular weight excluding hydrogens is 240 g/mol. The number of nitrogens with zero attached hydrogens (tertiary/aromatic N) is 2. The quantitative estimate of drug-likeness (QED) is 0.804. The summed E-state index contributed by atoms with van der Waals surface area (Å²) in [5.74, 6) is 0.235. The molecule has 2 rings (SSSR count). The number of amides is 1. The number of nitrogens with two attached hydrogens (primary N) is 1. The summed E-state index contributed by atoms with van der Waals surface area (Å²) < 4.78 is 0. The van der Waals surface area contributed by atoms with Crippen LogP contribution in [0.4, 0.5) is 0 Å². The number of likely N-dealkylation sites (tertiary alicyclic amines) is 1. The van der Waals surface area contributed by atoms with E-state index in [4.69, 9.17) is 5.73 Å². The van der Waals surface area contributed by atoms with Gasteiger partial charge in [-0.3, -0.25) is 14.7 Å². The average molecular weight is 262 g/mol. The largest absolute Gasteiger partial charge is 0.355 e. The van der Waals surface area contributed by atoms with Crippen LogP contribution >= 0.6 is 0 Å². The van der Waals surface area contributed by atoms with E-state index >= 15 is 0 Å². The van der Waals surface area contributed by atoms with Crippen molar-refractivity contribution in [3.8, 4) is 0 Å². The van der Waals surface area contributed by atoms with Crippen LogP contribution in [0.5, 0.6) is 0 Å². The fourth-order valence-corrected chi connectivity index (χ4v) is 2.50. The summed E-state index contributed by atoms with van der Waals surface area (Å²) in [6.07, 6.45) is 5.71. The monoisotopic (exact) mass is 262 g/mol. The molecule has 5 nitrogen and oxygen atoms in total. The molecule has 2 heterocycles. The SMILES string of the molecule is NCCNC(=O)C1CCCN(Cc2cccnc2)C1. The maximum Gasteiger partial charge on any atom is 0.224 e. The first kappa shape index (κ1) is 14.0. The fraction of sp³-hybridized carbons (Fsp3) is 0.571. The van der Waals surface area contributed by atoms with Gasteiger partial charge in [0, 0.05) is 38.6 Å². The Kier molecular flexibility index (Phi) is 5.30. The van der Waals surface area contributed by atoms with Gasteiger partial charge >= 0.3 is 0 Å². The second kappa shape index (κ2) is 7.21. The van der Waals surface area contributed by atoms with Gasteiger partial charge < -0.3 is 11.1 Å². The lowest BCUT2D eigenvalue weighted by molar-refractivity contribution is -0.126. The first-order chi connectivity index (χ1) is 9.29. The molecule has 19 heavy (non-hydrogen) atoms. The smallest absolute Gasteiger partial charge is 0.224 e. The van der Waals surface area contributed by atoms with Gasteiger partial charge in [0.15, 0.2) is 0 Å². The van der Waals surface area contributed by atoms with E-state index in [1.165, 1.54) is 5.56 Å². The third-order valence-electron chi connectivity index (χ3n) is 3.45. The summed E-state index contributed by atoms with van der Waals surface area (Å²) in [6, 6.07) is 4.02. The molecule has 0 saturated carbocycles. The van der Waals surface area contributed by atoms with Gasteiger partial charge in [0.25, 0.3) is 0 Å². The van der Waals surface area contributed by atoms with E-state index in [-0.39, 0.29) is 11.8 Å². The van der Waals surface area contributed by atoms with E-state index in [9.17, 15) is 4.79 Å². The van der Waals surface area contributed by atoms with Crippen LogP contribution in [0.15, 0.2) is 24.5 Å². The zero-order valence-corrected chi connectivity index (χ0v) is 11.2. The summed E-state index contributed by atoms with van der Waals surface area (Å²) in [5.41, 5.74) is 6.60. The van der Waals surface area contributed by atoms with Gasteiger partial charge in [0.2, 0.25) is 5.91 Å². The predicted octanol–water partition coefficient (Wildman–Crippen LogP) is 0.368. The van der Waals surface area contributed by atoms with Crippen LogP contribution in [-0.4, -0.2) is 42.0 Å². The molecule has 0 radical (unpaired) electrons. The number of piperidine rings is 1. The van der Waals surface area contributed by atoms with E-state index < -0.39 is 0 Å². The molecule has 1 saturated heterocycles. The Labute approximate surface area is 114 Å². The maximum atomic E-state index is 11.9. The number of aromatic nitrogens is 1. The van der Waals surface area contributed by atoms with Crippen LogP contribution in [0.1, 0.15) is 18.4 Å². The van der Waals surface area contributed by atoms with Crippen molar-refractivity contribution in [3.63, 3.8) is 0 Å². The van der Waals surface area contributed by atoms with E-state index in [0.717, 1.165) is 32.5 Å². The first-order valence-corrected chi connectivity index (χ1v) is 6.88. The molecule has 1 aliphatic rings. The predicted molar refractivity (Wildman–Crippen MR) is 74.3 cm³/mol. The minimum absolute atomic E-state index is 0.0944. The van der Waals surface area contributed by atoms with Crippen molar-refractivity contribution >= 4 is 5.91 Å². The molecule has 0 spiro atoms. The second-order valence-corrected chi connectivity index (χ2v) is 5.02. The van der Waals surface area contributed by atoms with Crippen LogP contribution in [0.3, 0.4) is 0 Å². The third-order valence-corrected chi connectivity index (χ3v) is 3.45. The van der Waals surface area contributed by atoms with Crippen molar-refractivity contribution in [1.82, 2.24) is 15.2 Å². The summed E-state index contributed by atoms with van der Waals surface area (Å²) >= 11 is 0. The lowest BCUT2D eigenvalue weighted by Gasteiger charge is -2.31. The number of carbonyl (C=O) groups is 1. The van der Waals surface area contributed by atoms with Gasteiger partial charge in [-0.05, 0) is 31.0 Å². The molecule has 1 atom stereocenters. The number of rotatable bonds is 5. The van der Waals surface area contributed by atoms with Gasteiger partial charge in [0.05, 0.1) is 5.92 Å². The first-order valence-electron chi connectivity index (χ1n) is 6.88. The van der Waals surface area contributed by atoms with Gasteiger partial charge in [0.1, 0.15) is 0 Å². The minimum atomic E-state index is 0.0944. The molecule has 1 amide bonds. The zero-order valence-electron chi connectivity index (χ0n) is 11.2. The molecule has 0 aromatic carbocycles. The summed E-state index contributed by atoms with van der Waals surface area (Å²) in [5, 5.41) is 2.88. The fourth-order valence-electron chi connectivity index (χ4n) is 2.50. The Morgan fingerprint density at radius 3 is 3.21 bits per heavy atom. The van der Waals surface area contributed by atoms with Gasteiger partial charge in [-0.2, -0.15) is 0 Å². The van der Waals surface area contributed by atoms with E-state index in [1.54, 1.807) is 6.20 Å². The Hall–Kier alpha value is -1.46. The van der Waals surface area contributed by atoms with E-state index in [0.29, 0.717) is 13.1 Å². The van der Waals surface area contributed by atoms with Gasteiger partial charge in [-0.15, -0.1) is 0 Å². The molecule has 0 bridgehead atoms. The molecule has 1 unspecified atom stereocenters. The summed E-state index contributed by atoms with van der Waals surface area (Å²) in [6.45, 7) is 3.81. The highest BCUT2D eigenvalue weighted by Gasteiger charge is 2.25. The van der Waals surface area contributed by atoms with Crippen molar-refractivity contribution in [2.45, 2.75) is 19.4 Å². The minimum Gasteiger partial charge on any atom is -0.355 e. The summed E-state index contributed by atoms with van der Waals surface area (Å²) in [4.78, 5) is 18.4. The van der Waals surface area contributed by atoms with Crippen LogP contribution in [0.25, 0.3) is 0 Å². The number of carbonyl (C=O) groups excluding carboxylic acids is 1. The maximum absolute atomic E-state index is 11.9. The number of hydrogen-bond donors (Lipinski definition) is 2. The standard InChI is InChI=1S/C14H22N4O/c15-5-7-17-14(19)13-4-2-8-18(11-13)10-12-3-1-6-16-9-12/h1,3,6,9,13H,2,4-5,7-8,10-11,15H2,(H,17,19). The molecule has 1 aliphatic heterocycles. The van der Waals surface area contributed by atoms with Gasteiger partial charge in [-0.1, -0.05) is 6.07 Å². The Morgan fingerprint density at radius 1 is 1.58 bits per heavy atom. The van der Waals surface area contributed by atoms with Crippen LogP contribution in [0.2, 0.25) is 0 Å². The van der Waals surface area contributed by atoms with E-state index in [2.05, 4.69) is 21.3 Å².